The summed E-state index contributed by atoms with van der Waals surface area (Å²) in [4.78, 5) is 5.98. The molecule has 3 nitrogen and oxygen atoms in total. The minimum Gasteiger partial charge on any atom is -0.387 e. The van der Waals surface area contributed by atoms with E-state index in [1.807, 2.05) is 19.2 Å². The van der Waals surface area contributed by atoms with Crippen LogP contribution >= 0.6 is 0 Å². The van der Waals surface area contributed by atoms with Gasteiger partial charge in [0.1, 0.15) is 5.82 Å². The van der Waals surface area contributed by atoms with Gasteiger partial charge in [0.15, 0.2) is 0 Å². The van der Waals surface area contributed by atoms with Gasteiger partial charge in [-0.05, 0) is 43.2 Å². The number of benzene rings is 1. The van der Waals surface area contributed by atoms with Crippen molar-refractivity contribution in [1.29, 1.82) is 0 Å². The van der Waals surface area contributed by atoms with Gasteiger partial charge in [-0.15, -0.1) is 0 Å². The number of rotatable bonds is 5. The van der Waals surface area contributed by atoms with Crippen LogP contribution in [0.5, 0.6) is 0 Å². The van der Waals surface area contributed by atoms with Gasteiger partial charge in [-0.1, -0.05) is 12.1 Å². The molecule has 20 heavy (non-hydrogen) atoms. The lowest BCUT2D eigenvalue weighted by Crippen LogP contribution is -2.20. The average Bonchev–Trinajstić information content (AvgIpc) is 2.45. The van der Waals surface area contributed by atoms with Gasteiger partial charge in [0.25, 0.3) is 0 Å². The summed E-state index contributed by atoms with van der Waals surface area (Å²) >= 11 is 0. The number of hydrogen-bond donors (Lipinski definition) is 1. The fraction of sp³-hybridized carbons (Fsp3) is 0.312. The van der Waals surface area contributed by atoms with Crippen LogP contribution in [-0.2, 0) is 0 Å². The minimum atomic E-state index is -0.678. The van der Waals surface area contributed by atoms with E-state index in [0.29, 0.717) is 18.7 Å². The average molecular weight is 274 g/mol. The summed E-state index contributed by atoms with van der Waals surface area (Å²) in [6.45, 7) is 2.75. The van der Waals surface area contributed by atoms with Crippen molar-refractivity contribution in [3.63, 3.8) is 0 Å². The number of aromatic nitrogens is 1. The van der Waals surface area contributed by atoms with Gasteiger partial charge in [0, 0.05) is 19.3 Å². The molecule has 4 heteroatoms. The van der Waals surface area contributed by atoms with Crippen molar-refractivity contribution < 1.29 is 9.50 Å². The Morgan fingerprint density at radius 1 is 1.30 bits per heavy atom. The summed E-state index contributed by atoms with van der Waals surface area (Å²) in [7, 11) is 1.99. The van der Waals surface area contributed by atoms with E-state index >= 15 is 0 Å². The molecule has 1 aromatic heterocycles. The predicted molar refractivity (Wildman–Crippen MR) is 78.2 cm³/mol. The number of hydrogen-bond acceptors (Lipinski definition) is 3. The van der Waals surface area contributed by atoms with Crippen LogP contribution in [0.3, 0.4) is 0 Å². The summed E-state index contributed by atoms with van der Waals surface area (Å²) in [5, 5.41) is 10.1. The van der Waals surface area contributed by atoms with Crippen molar-refractivity contribution in [1.82, 2.24) is 4.98 Å². The molecule has 0 bridgehead atoms. The van der Waals surface area contributed by atoms with Crippen LogP contribution in [0.4, 0.5) is 10.1 Å². The lowest BCUT2D eigenvalue weighted by Gasteiger charge is -2.21. The second kappa shape index (κ2) is 6.48. The molecule has 0 aliphatic heterocycles. The number of aliphatic hydroxyl groups is 1. The first-order chi connectivity index (χ1) is 9.56. The first-order valence-corrected chi connectivity index (χ1v) is 6.63. The van der Waals surface area contributed by atoms with Crippen molar-refractivity contribution in [2.75, 3.05) is 18.5 Å². The zero-order valence-corrected chi connectivity index (χ0v) is 11.8. The van der Waals surface area contributed by atoms with E-state index in [4.69, 9.17) is 0 Å². The number of aliphatic hydroxyl groups excluding tert-OH is 1. The lowest BCUT2D eigenvalue weighted by atomic mass is 10.1. The van der Waals surface area contributed by atoms with Gasteiger partial charge in [-0.25, -0.2) is 4.39 Å². The maximum absolute atomic E-state index is 12.8. The Morgan fingerprint density at radius 2 is 2.10 bits per heavy atom. The SMILES string of the molecule is Cc1cccc(N(C)CCC(O)c2ccc(F)cn2)c1. The van der Waals surface area contributed by atoms with Crippen LogP contribution in [0.1, 0.15) is 23.8 Å². The first-order valence-electron chi connectivity index (χ1n) is 6.63. The van der Waals surface area contributed by atoms with Crippen molar-refractivity contribution in [3.05, 3.63) is 59.7 Å². The molecular weight excluding hydrogens is 255 g/mol. The molecule has 2 rings (SSSR count). The fourth-order valence-corrected chi connectivity index (χ4v) is 2.04. The molecular formula is C16H19FN2O. The van der Waals surface area contributed by atoms with Gasteiger partial charge in [-0.2, -0.15) is 0 Å². The molecule has 0 radical (unpaired) electrons. The summed E-state index contributed by atoms with van der Waals surface area (Å²) in [6.07, 6.45) is 0.995. The molecule has 2 aromatic rings. The molecule has 0 amide bonds. The molecule has 0 saturated heterocycles. The molecule has 0 saturated carbocycles. The van der Waals surface area contributed by atoms with E-state index in [1.54, 1.807) is 0 Å². The molecule has 106 valence electrons. The summed E-state index contributed by atoms with van der Waals surface area (Å²) in [5.41, 5.74) is 2.82. The molecule has 0 fully saturated rings. The summed E-state index contributed by atoms with van der Waals surface area (Å²) in [5.74, 6) is -0.391. The minimum absolute atomic E-state index is 0.391. The van der Waals surface area contributed by atoms with Crippen LogP contribution in [0, 0.1) is 12.7 Å². The topological polar surface area (TPSA) is 36.4 Å². The van der Waals surface area contributed by atoms with Crippen molar-refractivity contribution >= 4 is 5.69 Å². The Hall–Kier alpha value is -1.94. The number of aryl methyl sites for hydroxylation is 1. The van der Waals surface area contributed by atoms with E-state index in [-0.39, 0.29) is 0 Å². The largest absolute Gasteiger partial charge is 0.387 e. The number of pyridine rings is 1. The Kier molecular flexibility index (Phi) is 4.69. The van der Waals surface area contributed by atoms with E-state index in [2.05, 4.69) is 28.9 Å². The fourth-order valence-electron chi connectivity index (χ4n) is 2.04. The third kappa shape index (κ3) is 3.78. The van der Waals surface area contributed by atoms with Gasteiger partial charge in [0.2, 0.25) is 0 Å². The predicted octanol–water partition coefficient (Wildman–Crippen LogP) is 3.09. The summed E-state index contributed by atoms with van der Waals surface area (Å²) < 4.78 is 12.8. The van der Waals surface area contributed by atoms with Crippen molar-refractivity contribution in [2.45, 2.75) is 19.4 Å². The van der Waals surface area contributed by atoms with Gasteiger partial charge < -0.3 is 10.0 Å². The first kappa shape index (κ1) is 14.5. The molecule has 1 atom stereocenters. The highest BCUT2D eigenvalue weighted by Gasteiger charge is 2.11. The Labute approximate surface area is 118 Å². The van der Waals surface area contributed by atoms with Crippen LogP contribution in [0.2, 0.25) is 0 Å². The second-order valence-electron chi connectivity index (χ2n) is 4.97. The van der Waals surface area contributed by atoms with Gasteiger partial charge in [0.05, 0.1) is 18.0 Å². The van der Waals surface area contributed by atoms with E-state index in [1.165, 1.54) is 17.7 Å². The lowest BCUT2D eigenvalue weighted by molar-refractivity contribution is 0.165. The monoisotopic (exact) mass is 274 g/mol. The zero-order chi connectivity index (χ0) is 14.5. The third-order valence-corrected chi connectivity index (χ3v) is 3.27. The zero-order valence-electron chi connectivity index (χ0n) is 11.8. The number of anilines is 1. The van der Waals surface area contributed by atoms with Gasteiger partial charge >= 0.3 is 0 Å². The number of halogens is 1. The molecule has 0 spiro atoms. The Bertz CT molecular complexity index is 557. The van der Waals surface area contributed by atoms with Gasteiger partial charge in [-0.3, -0.25) is 4.98 Å². The van der Waals surface area contributed by atoms with Crippen LogP contribution in [0.15, 0.2) is 42.6 Å². The molecule has 1 unspecified atom stereocenters. The van der Waals surface area contributed by atoms with E-state index < -0.39 is 11.9 Å². The van der Waals surface area contributed by atoms with Crippen LogP contribution in [0.25, 0.3) is 0 Å². The highest BCUT2D eigenvalue weighted by molar-refractivity contribution is 5.47. The highest BCUT2D eigenvalue weighted by atomic mass is 19.1. The van der Waals surface area contributed by atoms with Crippen LogP contribution in [-0.4, -0.2) is 23.7 Å². The van der Waals surface area contributed by atoms with Crippen LogP contribution < -0.4 is 4.90 Å². The molecule has 1 N–H and O–H groups in total. The maximum atomic E-state index is 12.8. The van der Waals surface area contributed by atoms with Crippen molar-refractivity contribution in [2.24, 2.45) is 0 Å². The quantitative estimate of drug-likeness (QED) is 0.910. The molecule has 1 heterocycles. The Morgan fingerprint density at radius 3 is 2.75 bits per heavy atom. The van der Waals surface area contributed by atoms with E-state index in [9.17, 15) is 9.50 Å². The smallest absolute Gasteiger partial charge is 0.141 e. The molecule has 0 aliphatic rings. The molecule has 0 aliphatic carbocycles. The highest BCUT2D eigenvalue weighted by Crippen LogP contribution is 2.18. The summed E-state index contributed by atoms with van der Waals surface area (Å²) in [6, 6.07) is 11.0. The Balaban J connectivity index is 1.93. The maximum Gasteiger partial charge on any atom is 0.141 e. The standard InChI is InChI=1S/C16H19FN2O/c1-12-4-3-5-14(10-12)19(2)9-8-16(20)15-7-6-13(17)11-18-15/h3-7,10-11,16,20H,8-9H2,1-2H3. The van der Waals surface area contributed by atoms with Crippen molar-refractivity contribution in [3.8, 4) is 0 Å². The third-order valence-electron chi connectivity index (χ3n) is 3.27. The number of nitrogens with zero attached hydrogens (tertiary/aromatic N) is 2. The molecule has 1 aromatic carbocycles. The second-order valence-corrected chi connectivity index (χ2v) is 4.97. The van der Waals surface area contributed by atoms with E-state index in [0.717, 1.165) is 11.9 Å². The normalized spacial score (nSPS) is 12.2.